The van der Waals surface area contributed by atoms with Crippen molar-refractivity contribution in [2.45, 2.75) is 25.9 Å². The van der Waals surface area contributed by atoms with Crippen LogP contribution >= 0.6 is 0 Å². The Hall–Kier alpha value is -1.88. The van der Waals surface area contributed by atoms with E-state index in [9.17, 15) is 9.59 Å². The van der Waals surface area contributed by atoms with Gasteiger partial charge in [-0.1, -0.05) is 12.1 Å². The van der Waals surface area contributed by atoms with Gasteiger partial charge in [-0.15, -0.1) is 0 Å². The van der Waals surface area contributed by atoms with Crippen molar-refractivity contribution in [1.82, 2.24) is 10.2 Å². The third kappa shape index (κ3) is 2.76. The maximum Gasteiger partial charge on any atom is 0.335 e. The Morgan fingerprint density at radius 1 is 1.47 bits per heavy atom. The SMILES string of the molecule is CC1(C)C(=O)NCCN1Cc1cccc(C(=O)O)c1. The number of hydrogen-bond acceptors (Lipinski definition) is 3. The number of aromatic carboxylic acids is 1. The maximum absolute atomic E-state index is 11.8. The van der Waals surface area contributed by atoms with Gasteiger partial charge in [-0.2, -0.15) is 0 Å². The topological polar surface area (TPSA) is 69.6 Å². The molecule has 0 aromatic heterocycles. The zero-order valence-corrected chi connectivity index (χ0v) is 11.1. The standard InChI is InChI=1S/C14H18N2O3/c1-14(2)13(19)15-6-7-16(14)9-10-4-3-5-11(8-10)12(17)18/h3-5,8H,6-7,9H2,1-2H3,(H,15,19)(H,17,18). The van der Waals surface area contributed by atoms with Crippen LogP contribution in [0, 0.1) is 0 Å². The fourth-order valence-corrected chi connectivity index (χ4v) is 2.24. The molecular formula is C14H18N2O3. The Morgan fingerprint density at radius 3 is 2.89 bits per heavy atom. The minimum Gasteiger partial charge on any atom is -0.478 e. The molecule has 1 aliphatic heterocycles. The van der Waals surface area contributed by atoms with Crippen molar-refractivity contribution in [1.29, 1.82) is 0 Å². The van der Waals surface area contributed by atoms with E-state index in [1.807, 2.05) is 19.9 Å². The summed E-state index contributed by atoms with van der Waals surface area (Å²) in [6, 6.07) is 6.84. The van der Waals surface area contributed by atoms with Crippen LogP contribution in [0.3, 0.4) is 0 Å². The number of rotatable bonds is 3. The van der Waals surface area contributed by atoms with Crippen molar-refractivity contribution in [2.24, 2.45) is 0 Å². The summed E-state index contributed by atoms with van der Waals surface area (Å²) in [5.74, 6) is -0.925. The van der Waals surface area contributed by atoms with Gasteiger partial charge in [-0.3, -0.25) is 9.69 Å². The number of carboxylic acid groups (broad SMARTS) is 1. The van der Waals surface area contributed by atoms with Crippen LogP contribution in [0.4, 0.5) is 0 Å². The molecule has 19 heavy (non-hydrogen) atoms. The number of nitrogens with zero attached hydrogens (tertiary/aromatic N) is 1. The van der Waals surface area contributed by atoms with Gasteiger partial charge in [0, 0.05) is 19.6 Å². The summed E-state index contributed by atoms with van der Waals surface area (Å²) in [5, 5.41) is 11.8. The van der Waals surface area contributed by atoms with E-state index >= 15 is 0 Å². The summed E-state index contributed by atoms with van der Waals surface area (Å²) in [5.41, 5.74) is 0.608. The summed E-state index contributed by atoms with van der Waals surface area (Å²) >= 11 is 0. The zero-order valence-electron chi connectivity index (χ0n) is 11.1. The average molecular weight is 262 g/mol. The Kier molecular flexibility index (Phi) is 3.57. The van der Waals surface area contributed by atoms with Crippen LogP contribution in [0.2, 0.25) is 0 Å². The molecule has 5 nitrogen and oxygen atoms in total. The van der Waals surface area contributed by atoms with Gasteiger partial charge < -0.3 is 10.4 Å². The largest absolute Gasteiger partial charge is 0.478 e. The molecule has 0 aliphatic carbocycles. The highest BCUT2D eigenvalue weighted by molar-refractivity contribution is 5.88. The summed E-state index contributed by atoms with van der Waals surface area (Å²) in [6.45, 7) is 5.71. The molecule has 0 radical (unpaired) electrons. The number of nitrogens with one attached hydrogen (secondary N) is 1. The van der Waals surface area contributed by atoms with Crippen LogP contribution in [-0.4, -0.2) is 40.5 Å². The minimum absolute atomic E-state index is 0.00754. The van der Waals surface area contributed by atoms with E-state index in [-0.39, 0.29) is 11.5 Å². The molecule has 1 heterocycles. The molecule has 1 aliphatic rings. The van der Waals surface area contributed by atoms with Crippen molar-refractivity contribution >= 4 is 11.9 Å². The van der Waals surface area contributed by atoms with Gasteiger partial charge >= 0.3 is 5.97 Å². The molecule has 1 amide bonds. The molecule has 0 saturated carbocycles. The molecule has 2 N–H and O–H groups in total. The molecular weight excluding hydrogens is 244 g/mol. The van der Waals surface area contributed by atoms with Crippen LogP contribution < -0.4 is 5.32 Å². The fourth-order valence-electron chi connectivity index (χ4n) is 2.24. The highest BCUT2D eigenvalue weighted by Gasteiger charge is 2.37. The molecule has 0 spiro atoms. The first-order chi connectivity index (χ1) is 8.91. The highest BCUT2D eigenvalue weighted by atomic mass is 16.4. The molecule has 0 unspecified atom stereocenters. The summed E-state index contributed by atoms with van der Waals surface area (Å²) < 4.78 is 0. The van der Waals surface area contributed by atoms with Gasteiger partial charge in [-0.25, -0.2) is 4.79 Å². The van der Waals surface area contributed by atoms with E-state index < -0.39 is 11.5 Å². The van der Waals surface area contributed by atoms with Gasteiger partial charge in [0.2, 0.25) is 5.91 Å². The van der Waals surface area contributed by atoms with E-state index in [1.54, 1.807) is 18.2 Å². The lowest BCUT2D eigenvalue weighted by Crippen LogP contribution is -2.61. The Bertz CT molecular complexity index is 511. The van der Waals surface area contributed by atoms with E-state index in [1.165, 1.54) is 0 Å². The lowest BCUT2D eigenvalue weighted by atomic mass is 9.97. The number of hydrogen-bond donors (Lipinski definition) is 2. The highest BCUT2D eigenvalue weighted by Crippen LogP contribution is 2.20. The summed E-state index contributed by atoms with van der Waals surface area (Å²) in [4.78, 5) is 24.9. The van der Waals surface area contributed by atoms with Gasteiger partial charge in [-0.05, 0) is 31.5 Å². The maximum atomic E-state index is 11.8. The smallest absolute Gasteiger partial charge is 0.335 e. The number of amides is 1. The van der Waals surface area contributed by atoms with Crippen molar-refractivity contribution in [3.63, 3.8) is 0 Å². The molecule has 1 fully saturated rings. The molecule has 1 saturated heterocycles. The fraction of sp³-hybridized carbons (Fsp3) is 0.429. The van der Waals surface area contributed by atoms with E-state index in [0.717, 1.165) is 12.1 Å². The number of carbonyl (C=O) groups is 2. The first-order valence-electron chi connectivity index (χ1n) is 6.27. The first kappa shape index (κ1) is 13.5. The average Bonchev–Trinajstić information content (AvgIpc) is 2.36. The van der Waals surface area contributed by atoms with E-state index in [0.29, 0.717) is 13.1 Å². The molecule has 2 rings (SSSR count). The third-order valence-electron chi connectivity index (χ3n) is 3.56. The van der Waals surface area contributed by atoms with Crippen LogP contribution in [0.5, 0.6) is 0 Å². The van der Waals surface area contributed by atoms with Crippen molar-refractivity contribution in [3.05, 3.63) is 35.4 Å². The van der Waals surface area contributed by atoms with E-state index in [2.05, 4.69) is 10.2 Å². The number of benzene rings is 1. The third-order valence-corrected chi connectivity index (χ3v) is 3.56. The lowest BCUT2D eigenvalue weighted by molar-refractivity contribution is -0.135. The molecule has 1 aromatic rings. The lowest BCUT2D eigenvalue weighted by Gasteiger charge is -2.41. The Balaban J connectivity index is 2.18. The second-order valence-corrected chi connectivity index (χ2v) is 5.24. The zero-order chi connectivity index (χ0) is 14.0. The van der Waals surface area contributed by atoms with Crippen LogP contribution in [-0.2, 0) is 11.3 Å². The second kappa shape index (κ2) is 5.01. The van der Waals surface area contributed by atoms with Gasteiger partial charge in [0.05, 0.1) is 11.1 Å². The predicted molar refractivity (Wildman–Crippen MR) is 70.9 cm³/mol. The van der Waals surface area contributed by atoms with Crippen molar-refractivity contribution in [2.75, 3.05) is 13.1 Å². The van der Waals surface area contributed by atoms with Crippen LogP contribution in [0.15, 0.2) is 24.3 Å². The Labute approximate surface area is 112 Å². The van der Waals surface area contributed by atoms with Crippen LogP contribution in [0.1, 0.15) is 29.8 Å². The monoisotopic (exact) mass is 262 g/mol. The van der Waals surface area contributed by atoms with Gasteiger partial charge in [0.1, 0.15) is 0 Å². The van der Waals surface area contributed by atoms with Gasteiger partial charge in [0.25, 0.3) is 0 Å². The Morgan fingerprint density at radius 2 is 2.21 bits per heavy atom. The minimum atomic E-state index is -0.933. The molecule has 5 heteroatoms. The molecule has 102 valence electrons. The second-order valence-electron chi connectivity index (χ2n) is 5.24. The van der Waals surface area contributed by atoms with Crippen LogP contribution in [0.25, 0.3) is 0 Å². The van der Waals surface area contributed by atoms with Crippen molar-refractivity contribution < 1.29 is 14.7 Å². The van der Waals surface area contributed by atoms with Crippen molar-refractivity contribution in [3.8, 4) is 0 Å². The summed E-state index contributed by atoms with van der Waals surface area (Å²) in [7, 11) is 0. The number of carbonyl (C=O) groups excluding carboxylic acids is 1. The normalized spacial score (nSPS) is 18.9. The molecule has 0 atom stereocenters. The molecule has 1 aromatic carbocycles. The van der Waals surface area contributed by atoms with Gasteiger partial charge in [0.15, 0.2) is 0 Å². The summed E-state index contributed by atoms with van der Waals surface area (Å²) in [6.07, 6.45) is 0. The first-order valence-corrected chi connectivity index (χ1v) is 6.27. The quantitative estimate of drug-likeness (QED) is 0.855. The number of carboxylic acids is 1. The van der Waals surface area contributed by atoms with E-state index in [4.69, 9.17) is 5.11 Å². The number of piperazine rings is 1. The molecule has 0 bridgehead atoms. The predicted octanol–water partition coefficient (Wildman–Crippen LogP) is 1.10.